The Kier molecular flexibility index (Phi) is 5.82. The number of aliphatic imine (C=N–C) groups is 1. The van der Waals surface area contributed by atoms with Crippen LogP contribution in [0.1, 0.15) is 50.5 Å². The number of oxazole rings is 1. The van der Waals surface area contributed by atoms with E-state index in [1.54, 1.807) is 20.4 Å². The van der Waals surface area contributed by atoms with Gasteiger partial charge < -0.3 is 24.5 Å². The molecule has 1 aliphatic heterocycles. The van der Waals surface area contributed by atoms with Gasteiger partial charge in [-0.3, -0.25) is 4.99 Å². The van der Waals surface area contributed by atoms with Crippen molar-refractivity contribution in [3.05, 3.63) is 41.1 Å². The number of hydrogen-bond donors (Lipinski definition) is 2. The van der Waals surface area contributed by atoms with Gasteiger partial charge in [0.25, 0.3) is 0 Å². The summed E-state index contributed by atoms with van der Waals surface area (Å²) >= 11 is 0. The zero-order valence-corrected chi connectivity index (χ0v) is 17.5. The summed E-state index contributed by atoms with van der Waals surface area (Å²) in [7, 11) is 3.42. The summed E-state index contributed by atoms with van der Waals surface area (Å²) in [6, 6.07) is 4.11. The number of hydrogen-bond acceptors (Lipinski definition) is 5. The lowest BCUT2D eigenvalue weighted by Gasteiger charge is -2.15. The highest BCUT2D eigenvalue weighted by atomic mass is 16.5. The standard InChI is InChI=1S/C21H30N4O3/c1-13-7-14-8-16(26-6)15(9-17(14)27-13)10-24-20(22-5)25-12-19-23-11-18(28-19)21(2,3)4/h8-9,11,13H,7,10,12H2,1-6H3,(H2,22,24,25). The molecular formula is C21H30N4O3. The Labute approximate surface area is 166 Å². The highest BCUT2D eigenvalue weighted by Crippen LogP contribution is 2.34. The Bertz CT molecular complexity index is 852. The lowest BCUT2D eigenvalue weighted by molar-refractivity contribution is 0.254. The predicted octanol–water partition coefficient (Wildman–Crippen LogP) is 3.17. The summed E-state index contributed by atoms with van der Waals surface area (Å²) in [5, 5.41) is 6.53. The van der Waals surface area contributed by atoms with Crippen molar-refractivity contribution in [1.29, 1.82) is 0 Å². The molecule has 1 aliphatic rings. The molecule has 0 saturated carbocycles. The second-order valence-electron chi connectivity index (χ2n) is 8.05. The molecule has 7 nitrogen and oxygen atoms in total. The van der Waals surface area contributed by atoms with E-state index in [1.165, 1.54) is 5.56 Å². The summed E-state index contributed by atoms with van der Waals surface area (Å²) in [6.07, 6.45) is 2.90. The van der Waals surface area contributed by atoms with Crippen LogP contribution in [0, 0.1) is 0 Å². The number of benzene rings is 1. The monoisotopic (exact) mass is 386 g/mol. The number of methoxy groups -OCH3 is 1. The zero-order valence-electron chi connectivity index (χ0n) is 17.5. The summed E-state index contributed by atoms with van der Waals surface area (Å²) in [4.78, 5) is 8.60. The van der Waals surface area contributed by atoms with Gasteiger partial charge in [-0.05, 0) is 19.1 Å². The zero-order chi connectivity index (χ0) is 20.3. The molecule has 0 fully saturated rings. The van der Waals surface area contributed by atoms with Crippen molar-refractivity contribution in [2.45, 2.75) is 58.7 Å². The number of nitrogens with zero attached hydrogens (tertiary/aromatic N) is 2. The molecule has 0 bridgehead atoms. The van der Waals surface area contributed by atoms with Crippen LogP contribution in [0.3, 0.4) is 0 Å². The molecule has 2 aromatic rings. The molecule has 1 unspecified atom stereocenters. The molecule has 0 saturated heterocycles. The minimum Gasteiger partial charge on any atom is -0.496 e. The molecule has 1 aromatic carbocycles. The van der Waals surface area contributed by atoms with E-state index in [0.29, 0.717) is 24.9 Å². The highest BCUT2D eigenvalue weighted by Gasteiger charge is 2.22. The van der Waals surface area contributed by atoms with E-state index in [2.05, 4.69) is 54.4 Å². The third kappa shape index (κ3) is 4.58. The minimum atomic E-state index is -0.0606. The van der Waals surface area contributed by atoms with Crippen LogP contribution in [0.5, 0.6) is 11.5 Å². The van der Waals surface area contributed by atoms with Gasteiger partial charge in [-0.2, -0.15) is 0 Å². The average molecular weight is 386 g/mol. The molecule has 7 heteroatoms. The fraction of sp³-hybridized carbons (Fsp3) is 0.524. The van der Waals surface area contributed by atoms with Crippen molar-refractivity contribution in [1.82, 2.24) is 15.6 Å². The molecular weight excluding hydrogens is 356 g/mol. The first-order valence-corrected chi connectivity index (χ1v) is 9.56. The van der Waals surface area contributed by atoms with Gasteiger partial charge in [0.05, 0.1) is 19.9 Å². The van der Waals surface area contributed by atoms with E-state index < -0.39 is 0 Å². The van der Waals surface area contributed by atoms with Crippen LogP contribution in [-0.4, -0.2) is 31.2 Å². The summed E-state index contributed by atoms with van der Waals surface area (Å²) in [6.45, 7) is 9.38. The van der Waals surface area contributed by atoms with E-state index >= 15 is 0 Å². The third-order valence-corrected chi connectivity index (χ3v) is 4.67. The van der Waals surface area contributed by atoms with E-state index in [9.17, 15) is 0 Å². The maximum absolute atomic E-state index is 5.87. The molecule has 28 heavy (non-hydrogen) atoms. The maximum atomic E-state index is 5.87. The van der Waals surface area contributed by atoms with Crippen molar-refractivity contribution < 1.29 is 13.9 Å². The Balaban J connectivity index is 1.60. The Morgan fingerprint density at radius 1 is 1.29 bits per heavy atom. The van der Waals surface area contributed by atoms with Crippen LogP contribution in [0.4, 0.5) is 0 Å². The maximum Gasteiger partial charge on any atom is 0.213 e. The van der Waals surface area contributed by atoms with Crippen LogP contribution in [0.15, 0.2) is 27.7 Å². The van der Waals surface area contributed by atoms with Crippen LogP contribution < -0.4 is 20.1 Å². The number of fused-ring (bicyclic) bond motifs is 1. The Morgan fingerprint density at radius 2 is 2.04 bits per heavy atom. The SMILES string of the molecule is CN=C(NCc1ncc(C(C)(C)C)o1)NCc1cc2c(cc1OC)CC(C)O2. The van der Waals surface area contributed by atoms with Crippen molar-refractivity contribution in [3.63, 3.8) is 0 Å². The van der Waals surface area contributed by atoms with Gasteiger partial charge in [0, 0.05) is 36.6 Å². The van der Waals surface area contributed by atoms with Crippen molar-refractivity contribution in [2.24, 2.45) is 4.99 Å². The summed E-state index contributed by atoms with van der Waals surface area (Å²) < 4.78 is 17.2. The van der Waals surface area contributed by atoms with Crippen molar-refractivity contribution in [2.75, 3.05) is 14.2 Å². The molecule has 2 heterocycles. The third-order valence-electron chi connectivity index (χ3n) is 4.67. The van der Waals surface area contributed by atoms with Gasteiger partial charge in [0.1, 0.15) is 23.4 Å². The fourth-order valence-electron chi connectivity index (χ4n) is 3.11. The van der Waals surface area contributed by atoms with Gasteiger partial charge in [-0.15, -0.1) is 0 Å². The molecule has 152 valence electrons. The normalized spacial score (nSPS) is 16.5. The first-order chi connectivity index (χ1) is 13.3. The highest BCUT2D eigenvalue weighted by molar-refractivity contribution is 5.79. The predicted molar refractivity (Wildman–Crippen MR) is 109 cm³/mol. The molecule has 2 N–H and O–H groups in total. The summed E-state index contributed by atoms with van der Waals surface area (Å²) in [5.41, 5.74) is 2.15. The number of rotatable bonds is 5. The topological polar surface area (TPSA) is 80.9 Å². The van der Waals surface area contributed by atoms with Crippen LogP contribution >= 0.6 is 0 Å². The molecule has 0 aliphatic carbocycles. The van der Waals surface area contributed by atoms with E-state index in [4.69, 9.17) is 13.9 Å². The van der Waals surface area contributed by atoms with Gasteiger partial charge in [0.15, 0.2) is 5.96 Å². The first kappa shape index (κ1) is 20.0. The second-order valence-corrected chi connectivity index (χ2v) is 8.05. The van der Waals surface area contributed by atoms with E-state index in [1.807, 2.05) is 6.07 Å². The number of nitrogens with one attached hydrogen (secondary N) is 2. The molecule has 0 spiro atoms. The molecule has 1 aromatic heterocycles. The van der Waals surface area contributed by atoms with Gasteiger partial charge in [-0.25, -0.2) is 4.98 Å². The van der Waals surface area contributed by atoms with Crippen molar-refractivity contribution >= 4 is 5.96 Å². The Morgan fingerprint density at radius 3 is 2.68 bits per heavy atom. The lowest BCUT2D eigenvalue weighted by Crippen LogP contribution is -2.36. The first-order valence-electron chi connectivity index (χ1n) is 9.56. The molecule has 3 rings (SSSR count). The van der Waals surface area contributed by atoms with E-state index in [0.717, 1.165) is 29.2 Å². The van der Waals surface area contributed by atoms with E-state index in [-0.39, 0.29) is 11.5 Å². The van der Waals surface area contributed by atoms with Gasteiger partial charge in [-0.1, -0.05) is 20.8 Å². The van der Waals surface area contributed by atoms with Crippen LogP contribution in [0.25, 0.3) is 0 Å². The molecule has 0 radical (unpaired) electrons. The van der Waals surface area contributed by atoms with Gasteiger partial charge in [0.2, 0.25) is 5.89 Å². The fourth-order valence-corrected chi connectivity index (χ4v) is 3.11. The lowest BCUT2D eigenvalue weighted by atomic mass is 9.94. The number of guanidine groups is 1. The van der Waals surface area contributed by atoms with Crippen LogP contribution in [-0.2, 0) is 24.9 Å². The van der Waals surface area contributed by atoms with Crippen LogP contribution in [0.2, 0.25) is 0 Å². The second kappa shape index (κ2) is 8.12. The Hall–Kier alpha value is -2.70. The quantitative estimate of drug-likeness (QED) is 0.607. The minimum absolute atomic E-state index is 0.0606. The average Bonchev–Trinajstić information content (AvgIpc) is 3.26. The molecule has 0 amide bonds. The number of aromatic nitrogens is 1. The molecule has 1 atom stereocenters. The smallest absolute Gasteiger partial charge is 0.213 e. The summed E-state index contributed by atoms with van der Waals surface area (Å²) in [5.74, 6) is 3.94. The largest absolute Gasteiger partial charge is 0.496 e. The van der Waals surface area contributed by atoms with Gasteiger partial charge >= 0.3 is 0 Å². The van der Waals surface area contributed by atoms with Crippen molar-refractivity contribution in [3.8, 4) is 11.5 Å². The number of ether oxygens (including phenoxy) is 2.